The van der Waals surface area contributed by atoms with Gasteiger partial charge in [-0.3, -0.25) is 9.48 Å². The van der Waals surface area contributed by atoms with Crippen LogP contribution in [0.15, 0.2) is 73.3 Å². The van der Waals surface area contributed by atoms with Crippen molar-refractivity contribution in [1.29, 1.82) is 0 Å². The minimum absolute atomic E-state index is 0.0543. The maximum atomic E-state index is 14.4. The summed E-state index contributed by atoms with van der Waals surface area (Å²) >= 11 is 6.17. The third-order valence-corrected chi connectivity index (χ3v) is 6.99. The fourth-order valence-corrected chi connectivity index (χ4v) is 4.82. The van der Waals surface area contributed by atoms with Crippen molar-refractivity contribution in [3.8, 4) is 27.9 Å². The van der Waals surface area contributed by atoms with Gasteiger partial charge in [0, 0.05) is 34.8 Å². The summed E-state index contributed by atoms with van der Waals surface area (Å²) in [5.74, 6) is -1.80. The molecular weight excluding hydrogens is 632 g/mol. The summed E-state index contributed by atoms with van der Waals surface area (Å²) in [6.07, 6.45) is -0.122. The fourth-order valence-electron chi connectivity index (χ4n) is 4.64. The van der Waals surface area contributed by atoms with Crippen molar-refractivity contribution in [2.75, 3.05) is 6.61 Å². The molecule has 3 heterocycles. The second-order valence-electron chi connectivity index (χ2n) is 9.63. The lowest BCUT2D eigenvalue weighted by Crippen LogP contribution is -2.36. The fraction of sp³-hybridized carbons (Fsp3) is 0.179. The van der Waals surface area contributed by atoms with Crippen molar-refractivity contribution in [1.82, 2.24) is 20.1 Å². The molecule has 0 saturated carbocycles. The Morgan fingerprint density at radius 3 is 2.49 bits per heavy atom. The van der Waals surface area contributed by atoms with Gasteiger partial charge in [0.15, 0.2) is 18.1 Å². The summed E-state index contributed by atoms with van der Waals surface area (Å²) in [6, 6.07) is 10.0. The Bertz CT molecular complexity index is 1860. The lowest BCUT2D eigenvalue weighted by Gasteiger charge is -2.18. The molecule has 234 valence electrons. The summed E-state index contributed by atoms with van der Waals surface area (Å²) in [6.45, 7) is -3.52. The van der Waals surface area contributed by atoms with Crippen LogP contribution in [0, 0.1) is 11.0 Å². The number of nitrogens with zero attached hydrogens (tertiary/aromatic N) is 5. The number of hydrogen-bond acceptors (Lipinski definition) is 5. The van der Waals surface area contributed by atoms with E-state index in [2.05, 4.69) is 20.1 Å². The smallest absolute Gasteiger partial charge is 0.464 e. The van der Waals surface area contributed by atoms with Crippen LogP contribution in [-0.4, -0.2) is 39.2 Å². The molecule has 10 nitrogen and oxygen atoms in total. The van der Waals surface area contributed by atoms with E-state index >= 15 is 0 Å². The number of aromatic amines is 1. The first kappa shape index (κ1) is 31.5. The van der Waals surface area contributed by atoms with Crippen molar-refractivity contribution >= 4 is 17.5 Å². The molecule has 0 aliphatic heterocycles. The maximum Gasteiger partial charge on any atom is 0.464 e. The van der Waals surface area contributed by atoms with Gasteiger partial charge in [-0.25, -0.2) is 4.39 Å². The van der Waals surface area contributed by atoms with Crippen molar-refractivity contribution < 1.29 is 45.3 Å². The molecule has 17 heteroatoms. The van der Waals surface area contributed by atoms with Crippen molar-refractivity contribution in [2.45, 2.75) is 25.3 Å². The molecule has 0 saturated heterocycles. The zero-order valence-corrected chi connectivity index (χ0v) is 23.4. The van der Waals surface area contributed by atoms with Crippen molar-refractivity contribution in [3.63, 3.8) is 0 Å². The van der Waals surface area contributed by atoms with Crippen LogP contribution in [0.2, 0.25) is 5.02 Å². The second-order valence-corrected chi connectivity index (χ2v) is 10.1. The molecule has 0 bridgehead atoms. The summed E-state index contributed by atoms with van der Waals surface area (Å²) in [4.78, 5) is 11.4. The van der Waals surface area contributed by atoms with Gasteiger partial charge in [0.05, 0.1) is 29.0 Å². The van der Waals surface area contributed by atoms with Crippen LogP contribution in [-0.2, 0) is 10.9 Å². The van der Waals surface area contributed by atoms with E-state index in [0.29, 0.717) is 15.9 Å². The molecule has 1 atom stereocenters. The molecule has 0 radical (unpaired) electrons. The van der Waals surface area contributed by atoms with Crippen LogP contribution >= 0.6 is 11.6 Å². The molecule has 2 aromatic carbocycles. The zero-order chi connectivity index (χ0) is 32.5. The molecule has 45 heavy (non-hydrogen) atoms. The molecule has 3 N–H and O–H groups in total. The third-order valence-electron chi connectivity index (χ3n) is 6.76. The molecule has 0 aliphatic rings. The average Bonchev–Trinajstić information content (AvgIpc) is 3.66. The number of amides is 1. The van der Waals surface area contributed by atoms with Gasteiger partial charge in [0.2, 0.25) is 5.69 Å². The molecule has 5 aromatic rings. The summed E-state index contributed by atoms with van der Waals surface area (Å²) in [5, 5.41) is 23.4. The minimum atomic E-state index is -4.70. The van der Waals surface area contributed by atoms with E-state index in [4.69, 9.17) is 17.3 Å². The topological polar surface area (TPSA) is 130 Å². The standard InChI is InChI=1S/C28H20ClF6N7O3/c29-18-3-6-22(41-14-25(38-39-41)28(33,34)35)20(10-18)16-2-5-24(42(44)13-16)23(7-8-45-27(31)32)40-12-17(11-37-40)15-1-4-19(26(36)43)21(30)9-15/h1-6,9-14,23,27H,7-8H2,(H2,36,43)/p+1/t23-/m1/s1. The van der Waals surface area contributed by atoms with Gasteiger partial charge in [-0.2, -0.15) is 31.8 Å². The highest BCUT2D eigenvalue weighted by molar-refractivity contribution is 6.31. The number of ether oxygens (including phenoxy) is 1. The minimum Gasteiger partial charge on any atom is -0.618 e. The average molecular weight is 653 g/mol. The monoisotopic (exact) mass is 652 g/mol. The van der Waals surface area contributed by atoms with E-state index in [1.54, 1.807) is 0 Å². The number of nitrogens with one attached hydrogen (secondary N) is 1. The highest BCUT2D eigenvalue weighted by atomic mass is 35.5. The Morgan fingerprint density at radius 2 is 1.84 bits per heavy atom. The predicted octanol–water partition coefficient (Wildman–Crippen LogP) is 4.98. The number of H-pyrrole nitrogens is 1. The molecule has 0 unspecified atom stereocenters. The van der Waals surface area contributed by atoms with Crippen LogP contribution in [0.3, 0.4) is 0 Å². The highest BCUT2D eigenvalue weighted by Gasteiger charge is 2.40. The van der Waals surface area contributed by atoms with Gasteiger partial charge in [0.25, 0.3) is 5.91 Å². The molecule has 0 aliphatic carbocycles. The first-order valence-electron chi connectivity index (χ1n) is 12.9. The van der Waals surface area contributed by atoms with E-state index < -0.39 is 42.9 Å². The Labute approximate surface area is 254 Å². The Balaban J connectivity index is 1.51. The lowest BCUT2D eigenvalue weighted by molar-refractivity contribution is -0.659. The summed E-state index contributed by atoms with van der Waals surface area (Å²) in [5.41, 5.74) is 5.18. The predicted molar refractivity (Wildman–Crippen MR) is 145 cm³/mol. The van der Waals surface area contributed by atoms with E-state index in [9.17, 15) is 36.3 Å². The zero-order valence-electron chi connectivity index (χ0n) is 22.7. The van der Waals surface area contributed by atoms with Gasteiger partial charge in [-0.05, 0) is 42.0 Å². The Kier molecular flexibility index (Phi) is 8.79. The number of alkyl halides is 5. The van der Waals surface area contributed by atoms with Gasteiger partial charge < -0.3 is 15.7 Å². The van der Waals surface area contributed by atoms with E-state index in [0.717, 1.165) is 23.1 Å². The van der Waals surface area contributed by atoms with Gasteiger partial charge in [-0.15, -0.1) is 4.68 Å². The lowest BCUT2D eigenvalue weighted by atomic mass is 10.0. The number of aromatic nitrogens is 6. The second kappa shape index (κ2) is 12.6. The molecule has 0 spiro atoms. The summed E-state index contributed by atoms with van der Waals surface area (Å²) < 4.78 is 86.6. The van der Waals surface area contributed by atoms with Crippen LogP contribution in [0.4, 0.5) is 26.3 Å². The molecule has 5 rings (SSSR count). The molecule has 0 fully saturated rings. The summed E-state index contributed by atoms with van der Waals surface area (Å²) in [7, 11) is 0. The molecule has 3 aromatic heterocycles. The molecule has 1 amide bonds. The number of halogens is 7. The maximum absolute atomic E-state index is 14.4. The first-order valence-corrected chi connectivity index (χ1v) is 13.3. The number of benzene rings is 2. The number of hydrogen-bond donors (Lipinski definition) is 2. The van der Waals surface area contributed by atoms with Crippen LogP contribution in [0.5, 0.6) is 0 Å². The van der Waals surface area contributed by atoms with Gasteiger partial charge >= 0.3 is 18.5 Å². The van der Waals surface area contributed by atoms with Crippen LogP contribution < -0.4 is 15.1 Å². The van der Waals surface area contributed by atoms with Crippen molar-refractivity contribution in [3.05, 3.63) is 106 Å². The number of carbonyl (C=O) groups excluding carboxylic acids is 1. The quantitative estimate of drug-likeness (QED) is 0.125. The number of rotatable bonds is 10. The van der Waals surface area contributed by atoms with Crippen molar-refractivity contribution in [2.24, 2.45) is 5.73 Å². The Hall–Kier alpha value is -4.96. The largest absolute Gasteiger partial charge is 0.618 e. The van der Waals surface area contributed by atoms with Gasteiger partial charge in [-0.1, -0.05) is 22.9 Å². The Morgan fingerprint density at radius 1 is 1.09 bits per heavy atom. The van der Waals surface area contributed by atoms with E-state index in [1.165, 1.54) is 59.5 Å². The number of primary amides is 1. The first-order chi connectivity index (χ1) is 21.3. The number of nitrogens with two attached hydrogens (primary N) is 1. The third kappa shape index (κ3) is 6.91. The van der Waals surface area contributed by atoms with E-state index in [-0.39, 0.29) is 39.5 Å². The SMILES string of the molecule is NC(=O)c1ccc(-c2cnn([C@H](CCOC(F)F)c3ccc(-c4cc(Cl)ccc4-[n+]4cc(C(F)(F)F)n[nH]4)c[n+]3[O-])c2)cc1F. The number of pyridine rings is 1. The molecular formula is C28H21ClF6N7O3+. The normalized spacial score (nSPS) is 12.5. The van der Waals surface area contributed by atoms with Gasteiger partial charge in [0.1, 0.15) is 11.9 Å². The van der Waals surface area contributed by atoms with E-state index in [1.807, 2.05) is 0 Å². The van der Waals surface area contributed by atoms with Crippen LogP contribution in [0.1, 0.15) is 34.2 Å². The highest BCUT2D eigenvalue weighted by Crippen LogP contribution is 2.31. The van der Waals surface area contributed by atoms with Crippen LogP contribution in [0.25, 0.3) is 27.9 Å². The number of carbonyl (C=O) groups is 1.